The van der Waals surface area contributed by atoms with Crippen LogP contribution in [0.3, 0.4) is 0 Å². The third kappa shape index (κ3) is 6.59. The number of amides is 1. The van der Waals surface area contributed by atoms with Gasteiger partial charge >= 0.3 is 0 Å². The number of rotatable bonds is 10. The fraction of sp³-hybridized carbons (Fsp3) is 0.240. The number of hydrogen-bond acceptors (Lipinski definition) is 4. The van der Waals surface area contributed by atoms with Crippen molar-refractivity contribution in [3.05, 3.63) is 89.5 Å². The summed E-state index contributed by atoms with van der Waals surface area (Å²) in [5.74, 6) is 0.641. The van der Waals surface area contributed by atoms with Gasteiger partial charge in [-0.05, 0) is 80.3 Å². The van der Waals surface area contributed by atoms with Crippen molar-refractivity contribution in [1.29, 1.82) is 0 Å². The van der Waals surface area contributed by atoms with Crippen LogP contribution in [0.5, 0.6) is 5.75 Å². The lowest BCUT2D eigenvalue weighted by atomic mass is 10.2. The van der Waals surface area contributed by atoms with Gasteiger partial charge in [0.25, 0.3) is 15.9 Å². The molecule has 0 saturated heterocycles. The zero-order valence-corrected chi connectivity index (χ0v) is 19.1. The first-order valence-electron chi connectivity index (χ1n) is 10.5. The highest BCUT2D eigenvalue weighted by Crippen LogP contribution is 2.21. The monoisotopic (exact) mass is 452 g/mol. The quantitative estimate of drug-likeness (QED) is 0.437. The average molecular weight is 453 g/mol. The number of anilines is 1. The largest absolute Gasteiger partial charge is 0.494 e. The van der Waals surface area contributed by atoms with Crippen molar-refractivity contribution in [2.24, 2.45) is 0 Å². The molecule has 0 aliphatic carbocycles. The minimum absolute atomic E-state index is 0.196. The van der Waals surface area contributed by atoms with E-state index in [1.807, 2.05) is 43.3 Å². The maximum atomic E-state index is 12.7. The molecule has 1 amide bonds. The third-order valence-electron chi connectivity index (χ3n) is 4.90. The van der Waals surface area contributed by atoms with Crippen LogP contribution in [0.2, 0.25) is 0 Å². The van der Waals surface area contributed by atoms with Crippen LogP contribution >= 0.6 is 0 Å². The van der Waals surface area contributed by atoms with Crippen LogP contribution in [-0.2, 0) is 10.0 Å². The Labute approximate surface area is 189 Å². The van der Waals surface area contributed by atoms with Gasteiger partial charge in [0.1, 0.15) is 5.75 Å². The number of hydrogen-bond donors (Lipinski definition) is 2. The number of nitrogens with one attached hydrogen (secondary N) is 2. The molecule has 3 aromatic rings. The summed E-state index contributed by atoms with van der Waals surface area (Å²) in [6.07, 6.45) is 1.63. The summed E-state index contributed by atoms with van der Waals surface area (Å²) in [6, 6.07) is 21.3. The lowest BCUT2D eigenvalue weighted by molar-refractivity contribution is 0.0952. The number of para-hydroxylation sites is 1. The second-order valence-corrected chi connectivity index (χ2v) is 9.23. The zero-order valence-electron chi connectivity index (χ0n) is 18.3. The molecule has 0 fully saturated rings. The molecule has 0 radical (unpaired) electrons. The minimum atomic E-state index is -3.71. The van der Waals surface area contributed by atoms with Gasteiger partial charge in [-0.1, -0.05) is 30.3 Å². The zero-order chi connectivity index (χ0) is 23.0. The molecule has 32 heavy (non-hydrogen) atoms. The molecule has 6 nitrogen and oxygen atoms in total. The summed E-state index contributed by atoms with van der Waals surface area (Å²) in [7, 11) is -3.71. The van der Waals surface area contributed by atoms with E-state index in [1.165, 1.54) is 0 Å². The maximum absolute atomic E-state index is 12.7. The maximum Gasteiger partial charge on any atom is 0.262 e. The molecule has 7 heteroatoms. The molecular weight excluding hydrogens is 424 g/mol. The second-order valence-electron chi connectivity index (χ2n) is 7.58. The van der Waals surface area contributed by atoms with Crippen LogP contribution in [0.4, 0.5) is 5.69 Å². The molecule has 0 aliphatic rings. The van der Waals surface area contributed by atoms with Crippen LogP contribution in [0.1, 0.15) is 34.3 Å². The molecule has 168 valence electrons. The number of benzene rings is 3. The first-order chi connectivity index (χ1) is 15.3. The molecule has 0 heterocycles. The summed E-state index contributed by atoms with van der Waals surface area (Å²) < 4.78 is 33.6. The van der Waals surface area contributed by atoms with Gasteiger partial charge in [0, 0.05) is 17.8 Å². The fourth-order valence-corrected chi connectivity index (χ4v) is 4.52. The molecule has 2 N–H and O–H groups in total. The van der Waals surface area contributed by atoms with Gasteiger partial charge in [-0.15, -0.1) is 0 Å². The van der Waals surface area contributed by atoms with E-state index >= 15 is 0 Å². The molecular formula is C25H28N2O4S. The molecule has 0 aliphatic heterocycles. The van der Waals surface area contributed by atoms with E-state index in [9.17, 15) is 13.2 Å². The van der Waals surface area contributed by atoms with Gasteiger partial charge in [0.15, 0.2) is 0 Å². The van der Waals surface area contributed by atoms with Crippen LogP contribution in [0, 0.1) is 13.8 Å². The molecule has 0 unspecified atom stereocenters. The van der Waals surface area contributed by atoms with Crippen LogP contribution in [0.15, 0.2) is 77.7 Å². The van der Waals surface area contributed by atoms with Crippen molar-refractivity contribution < 1.29 is 17.9 Å². The minimum Gasteiger partial charge on any atom is -0.494 e. The molecule has 3 rings (SSSR count). The number of unbranched alkanes of at least 4 members (excludes halogenated alkanes) is 1. The highest BCUT2D eigenvalue weighted by atomic mass is 32.2. The number of aryl methyl sites for hydroxylation is 2. The van der Waals surface area contributed by atoms with E-state index in [0.717, 1.165) is 24.2 Å². The smallest absolute Gasteiger partial charge is 0.262 e. The summed E-state index contributed by atoms with van der Waals surface area (Å²) in [6.45, 7) is 4.74. The van der Waals surface area contributed by atoms with E-state index in [2.05, 4.69) is 10.0 Å². The fourth-order valence-electron chi connectivity index (χ4n) is 3.13. The Balaban J connectivity index is 1.46. The third-order valence-corrected chi connectivity index (χ3v) is 6.42. The molecule has 0 bridgehead atoms. The van der Waals surface area contributed by atoms with Crippen molar-refractivity contribution in [1.82, 2.24) is 5.32 Å². The lowest BCUT2D eigenvalue weighted by Crippen LogP contribution is -2.24. The van der Waals surface area contributed by atoms with Gasteiger partial charge in [0.2, 0.25) is 0 Å². The highest BCUT2D eigenvalue weighted by molar-refractivity contribution is 7.92. The summed E-state index contributed by atoms with van der Waals surface area (Å²) in [5.41, 5.74) is 2.42. The normalized spacial score (nSPS) is 11.1. The number of carbonyl (C=O) groups excluding carboxylic acids is 1. The Hall–Kier alpha value is -3.32. The Morgan fingerprint density at radius 2 is 1.62 bits per heavy atom. The van der Waals surface area contributed by atoms with E-state index in [-0.39, 0.29) is 10.8 Å². The second kappa shape index (κ2) is 10.8. The van der Waals surface area contributed by atoms with Crippen molar-refractivity contribution in [2.75, 3.05) is 17.9 Å². The molecule has 0 spiro atoms. The van der Waals surface area contributed by atoms with Gasteiger partial charge < -0.3 is 10.1 Å². The topological polar surface area (TPSA) is 84.5 Å². The average Bonchev–Trinajstić information content (AvgIpc) is 2.78. The Morgan fingerprint density at radius 3 is 2.34 bits per heavy atom. The molecule has 0 aromatic heterocycles. The van der Waals surface area contributed by atoms with E-state index < -0.39 is 10.0 Å². The van der Waals surface area contributed by atoms with Crippen LogP contribution < -0.4 is 14.8 Å². The van der Waals surface area contributed by atoms with Crippen molar-refractivity contribution >= 4 is 21.6 Å². The summed E-state index contributed by atoms with van der Waals surface area (Å²) in [5, 5.41) is 2.87. The highest BCUT2D eigenvalue weighted by Gasteiger charge is 2.17. The van der Waals surface area contributed by atoms with Gasteiger partial charge in [0.05, 0.1) is 11.5 Å². The first kappa shape index (κ1) is 23.3. The van der Waals surface area contributed by atoms with Crippen molar-refractivity contribution in [3.8, 4) is 5.75 Å². The Morgan fingerprint density at radius 1 is 0.906 bits per heavy atom. The van der Waals surface area contributed by atoms with Gasteiger partial charge in [-0.2, -0.15) is 0 Å². The Kier molecular flexibility index (Phi) is 7.89. The standard InChI is InChI=1S/C25H28N2O4S/c1-19-10-11-20(2)24(18-19)32(29,30)27-22-14-12-21(13-15-22)25(28)26-16-6-7-17-31-23-8-4-3-5-9-23/h3-5,8-15,18,27H,6-7,16-17H2,1-2H3,(H,26,28). The van der Waals surface area contributed by atoms with Gasteiger partial charge in [-0.3, -0.25) is 9.52 Å². The predicted molar refractivity (Wildman–Crippen MR) is 127 cm³/mol. The van der Waals surface area contributed by atoms with Crippen molar-refractivity contribution in [3.63, 3.8) is 0 Å². The number of sulfonamides is 1. The predicted octanol–water partition coefficient (Wildman–Crippen LogP) is 4.69. The summed E-state index contributed by atoms with van der Waals surface area (Å²) >= 11 is 0. The molecule has 3 aromatic carbocycles. The number of carbonyl (C=O) groups is 1. The number of ether oxygens (including phenoxy) is 1. The lowest BCUT2D eigenvalue weighted by Gasteiger charge is -2.12. The van der Waals surface area contributed by atoms with E-state index in [1.54, 1.807) is 43.3 Å². The first-order valence-corrected chi connectivity index (χ1v) is 12.0. The van der Waals surface area contributed by atoms with Gasteiger partial charge in [-0.25, -0.2) is 8.42 Å². The Bertz CT molecular complexity index is 1140. The summed E-state index contributed by atoms with van der Waals surface area (Å²) in [4.78, 5) is 12.6. The molecule has 0 atom stereocenters. The van der Waals surface area contributed by atoms with Crippen molar-refractivity contribution in [2.45, 2.75) is 31.6 Å². The van der Waals surface area contributed by atoms with E-state index in [0.29, 0.717) is 30.0 Å². The van der Waals surface area contributed by atoms with Crippen LogP contribution in [-0.4, -0.2) is 27.5 Å². The molecule has 0 saturated carbocycles. The van der Waals surface area contributed by atoms with Crippen LogP contribution in [0.25, 0.3) is 0 Å². The van der Waals surface area contributed by atoms with E-state index in [4.69, 9.17) is 4.74 Å². The SMILES string of the molecule is Cc1ccc(C)c(S(=O)(=O)Nc2ccc(C(=O)NCCCCOc3ccccc3)cc2)c1.